The highest BCUT2D eigenvalue weighted by Crippen LogP contribution is 2.33. The molecule has 0 bridgehead atoms. The highest BCUT2D eigenvalue weighted by atomic mass is 35.5. The number of methoxy groups -OCH3 is 1. The van der Waals surface area contributed by atoms with Crippen LogP contribution in [0.1, 0.15) is 12.0 Å². The zero-order valence-corrected chi connectivity index (χ0v) is 16.5. The number of halogens is 1. The van der Waals surface area contributed by atoms with Crippen molar-refractivity contribution in [2.24, 2.45) is 4.99 Å². The fourth-order valence-corrected chi connectivity index (χ4v) is 3.16. The van der Waals surface area contributed by atoms with Crippen molar-refractivity contribution in [1.29, 1.82) is 0 Å². The quantitative estimate of drug-likeness (QED) is 0.308. The van der Waals surface area contributed by atoms with Gasteiger partial charge in [-0.05, 0) is 12.5 Å². The molecular weight excluding hydrogens is 352 g/mol. The van der Waals surface area contributed by atoms with Crippen LogP contribution in [0.5, 0.6) is 11.5 Å². The van der Waals surface area contributed by atoms with E-state index in [1.807, 2.05) is 6.08 Å². The van der Waals surface area contributed by atoms with E-state index >= 15 is 0 Å². The van der Waals surface area contributed by atoms with Crippen LogP contribution in [0.4, 0.5) is 5.69 Å². The van der Waals surface area contributed by atoms with Crippen LogP contribution in [-0.2, 0) is 0 Å². The molecular formula is C19H29ClN4O2. The molecule has 1 aromatic rings. The second kappa shape index (κ2) is 10.4. The average Bonchev–Trinajstić information content (AvgIpc) is 2.66. The predicted molar refractivity (Wildman–Crippen MR) is 109 cm³/mol. The molecule has 0 aliphatic carbocycles. The van der Waals surface area contributed by atoms with E-state index in [1.165, 1.54) is 0 Å². The van der Waals surface area contributed by atoms with Crippen molar-refractivity contribution >= 4 is 22.5 Å². The number of hydrogen-bond donors (Lipinski definition) is 1. The van der Waals surface area contributed by atoms with Crippen molar-refractivity contribution in [3.63, 3.8) is 0 Å². The van der Waals surface area contributed by atoms with Gasteiger partial charge in [0.2, 0.25) is 0 Å². The van der Waals surface area contributed by atoms with Crippen LogP contribution < -0.4 is 15.2 Å². The van der Waals surface area contributed by atoms with Crippen molar-refractivity contribution in [3.05, 3.63) is 30.4 Å². The van der Waals surface area contributed by atoms with Gasteiger partial charge in [0.1, 0.15) is 5.17 Å². The number of nitrogens with zero attached hydrogens (tertiary/aromatic N) is 3. The number of hydrogen-bond acceptors (Lipinski definition) is 6. The smallest absolute Gasteiger partial charge is 0.163 e. The number of benzene rings is 1. The number of rotatable bonds is 9. The lowest BCUT2D eigenvalue weighted by Gasteiger charge is -2.34. The average molecular weight is 381 g/mol. The Balaban J connectivity index is 1.82. The summed E-state index contributed by atoms with van der Waals surface area (Å²) >= 11 is 6.08. The van der Waals surface area contributed by atoms with Gasteiger partial charge in [-0.15, -0.1) is 6.58 Å². The number of aliphatic imine (C=N–C) groups is 1. The number of nitrogen functional groups attached to an aromatic ring is 1. The second-order valence-electron chi connectivity index (χ2n) is 6.24. The molecule has 144 valence electrons. The van der Waals surface area contributed by atoms with Gasteiger partial charge in [-0.2, -0.15) is 0 Å². The van der Waals surface area contributed by atoms with Crippen molar-refractivity contribution in [2.45, 2.75) is 6.42 Å². The highest BCUT2D eigenvalue weighted by Gasteiger charge is 2.16. The molecule has 1 heterocycles. The molecule has 0 amide bonds. The zero-order valence-electron chi connectivity index (χ0n) is 15.7. The minimum absolute atomic E-state index is 0.350. The SMILES string of the molecule is C=CCN1CCN(CCCOc2cc(N)c(C(Cl)=NC)cc2OC)CC1. The molecule has 1 aliphatic heterocycles. The summed E-state index contributed by atoms with van der Waals surface area (Å²) in [6.07, 6.45) is 2.91. The maximum atomic E-state index is 6.08. The van der Waals surface area contributed by atoms with Crippen LogP contribution in [0.3, 0.4) is 0 Å². The Bertz CT molecular complexity index is 628. The lowest BCUT2D eigenvalue weighted by atomic mass is 10.1. The van der Waals surface area contributed by atoms with Gasteiger partial charge in [-0.25, -0.2) is 0 Å². The van der Waals surface area contributed by atoms with Crippen LogP contribution in [-0.4, -0.2) is 75.0 Å². The summed E-state index contributed by atoms with van der Waals surface area (Å²) in [6.45, 7) is 10.8. The van der Waals surface area contributed by atoms with E-state index in [-0.39, 0.29) is 0 Å². The molecule has 0 saturated carbocycles. The Kier molecular flexibility index (Phi) is 8.22. The first kappa shape index (κ1) is 20.6. The Morgan fingerprint density at radius 3 is 2.58 bits per heavy atom. The Labute approximate surface area is 161 Å². The monoisotopic (exact) mass is 380 g/mol. The minimum atomic E-state index is 0.350. The van der Waals surface area contributed by atoms with E-state index in [0.717, 1.165) is 45.7 Å². The summed E-state index contributed by atoms with van der Waals surface area (Å²) in [4.78, 5) is 8.84. The fraction of sp³-hybridized carbons (Fsp3) is 0.526. The number of piperazine rings is 1. The molecule has 2 N–H and O–H groups in total. The molecule has 0 unspecified atom stereocenters. The normalized spacial score (nSPS) is 16.5. The largest absolute Gasteiger partial charge is 0.493 e. The topological polar surface area (TPSA) is 63.3 Å². The number of ether oxygens (including phenoxy) is 2. The van der Waals surface area contributed by atoms with Crippen molar-refractivity contribution < 1.29 is 9.47 Å². The van der Waals surface area contributed by atoms with E-state index in [1.54, 1.807) is 26.3 Å². The maximum Gasteiger partial charge on any atom is 0.163 e. The first-order valence-electron chi connectivity index (χ1n) is 8.87. The fourth-order valence-electron chi connectivity index (χ4n) is 3.00. The summed E-state index contributed by atoms with van der Waals surface area (Å²) < 4.78 is 11.3. The predicted octanol–water partition coefficient (Wildman–Crippen LogP) is 2.47. The van der Waals surface area contributed by atoms with E-state index in [0.29, 0.717) is 34.5 Å². The third-order valence-corrected chi connectivity index (χ3v) is 4.86. The van der Waals surface area contributed by atoms with Crippen molar-refractivity contribution in [1.82, 2.24) is 9.80 Å². The molecule has 1 aromatic carbocycles. The first-order chi connectivity index (χ1) is 12.6. The van der Waals surface area contributed by atoms with Crippen molar-refractivity contribution in [2.75, 3.05) is 65.8 Å². The molecule has 26 heavy (non-hydrogen) atoms. The van der Waals surface area contributed by atoms with E-state index in [2.05, 4.69) is 21.4 Å². The number of nitrogens with two attached hydrogens (primary N) is 1. The van der Waals surface area contributed by atoms with E-state index < -0.39 is 0 Å². The molecule has 1 aliphatic rings. The Hall–Kier alpha value is -1.76. The van der Waals surface area contributed by atoms with Gasteiger partial charge < -0.3 is 20.1 Å². The molecule has 0 aromatic heterocycles. The third-order valence-electron chi connectivity index (χ3n) is 4.48. The molecule has 2 rings (SSSR count). The highest BCUT2D eigenvalue weighted by molar-refractivity contribution is 6.70. The zero-order chi connectivity index (χ0) is 18.9. The van der Waals surface area contributed by atoms with E-state index in [4.69, 9.17) is 26.8 Å². The lowest BCUT2D eigenvalue weighted by Crippen LogP contribution is -2.46. The van der Waals surface area contributed by atoms with Gasteiger partial charge in [0.25, 0.3) is 0 Å². The Morgan fingerprint density at radius 2 is 1.96 bits per heavy atom. The summed E-state index contributed by atoms with van der Waals surface area (Å²) in [5.41, 5.74) is 7.23. The van der Waals surface area contributed by atoms with Crippen molar-refractivity contribution in [3.8, 4) is 11.5 Å². The number of anilines is 1. The molecule has 0 radical (unpaired) electrons. The van der Waals surface area contributed by atoms with Crippen LogP contribution in [0.25, 0.3) is 0 Å². The Morgan fingerprint density at radius 1 is 1.27 bits per heavy atom. The summed E-state index contributed by atoms with van der Waals surface area (Å²) in [7, 11) is 3.22. The van der Waals surface area contributed by atoms with Crippen LogP contribution in [0, 0.1) is 0 Å². The van der Waals surface area contributed by atoms with Gasteiger partial charge in [0, 0.05) is 63.6 Å². The minimum Gasteiger partial charge on any atom is -0.493 e. The molecule has 1 fully saturated rings. The second-order valence-corrected chi connectivity index (χ2v) is 6.60. The van der Waals surface area contributed by atoms with Crippen LogP contribution >= 0.6 is 11.6 Å². The van der Waals surface area contributed by atoms with Gasteiger partial charge in [-0.3, -0.25) is 9.89 Å². The van der Waals surface area contributed by atoms with Gasteiger partial charge >= 0.3 is 0 Å². The van der Waals surface area contributed by atoms with Gasteiger partial charge in [0.05, 0.1) is 13.7 Å². The maximum absolute atomic E-state index is 6.08. The standard InChI is InChI=1S/C19H29ClN4O2/c1-4-6-23-8-10-24(11-9-23)7-5-12-26-18-14-16(21)15(19(20)22-2)13-17(18)25-3/h4,13-14H,1,5-12,21H2,2-3H3. The van der Waals surface area contributed by atoms with Gasteiger partial charge in [0.15, 0.2) is 11.5 Å². The lowest BCUT2D eigenvalue weighted by molar-refractivity contribution is 0.135. The van der Waals surface area contributed by atoms with Gasteiger partial charge in [-0.1, -0.05) is 17.7 Å². The molecule has 6 nitrogen and oxygen atoms in total. The molecule has 1 saturated heterocycles. The summed E-state index contributed by atoms with van der Waals surface area (Å²) in [6, 6.07) is 3.51. The molecule has 0 spiro atoms. The molecule has 0 atom stereocenters. The van der Waals surface area contributed by atoms with E-state index in [9.17, 15) is 0 Å². The van der Waals surface area contributed by atoms with Crippen LogP contribution in [0.15, 0.2) is 29.8 Å². The first-order valence-corrected chi connectivity index (χ1v) is 9.25. The summed E-state index contributed by atoms with van der Waals surface area (Å²) in [5.74, 6) is 1.24. The van der Waals surface area contributed by atoms with Crippen LogP contribution in [0.2, 0.25) is 0 Å². The third kappa shape index (κ3) is 5.62. The summed E-state index contributed by atoms with van der Waals surface area (Å²) in [5, 5.41) is 0.350. The molecule has 7 heteroatoms.